The van der Waals surface area contributed by atoms with E-state index in [0.29, 0.717) is 0 Å². The van der Waals surface area contributed by atoms with Crippen LogP contribution in [0.5, 0.6) is 0 Å². The van der Waals surface area contributed by atoms with E-state index in [1.807, 2.05) is 67.0 Å². The van der Waals surface area contributed by atoms with Gasteiger partial charge in [0, 0.05) is 54.9 Å². The summed E-state index contributed by atoms with van der Waals surface area (Å²) in [4.78, 5) is 13.4. The van der Waals surface area contributed by atoms with Gasteiger partial charge < -0.3 is 14.4 Å². The maximum absolute atomic E-state index is 6.50. The van der Waals surface area contributed by atoms with Gasteiger partial charge in [-0.2, -0.15) is 0 Å². The number of furan rings is 1. The van der Waals surface area contributed by atoms with Crippen LogP contribution in [0.25, 0.3) is 77.3 Å². The van der Waals surface area contributed by atoms with Crippen LogP contribution in [0.1, 0.15) is 5.56 Å². The molecule has 4 aromatic heterocycles. The van der Waals surface area contributed by atoms with Crippen LogP contribution in [0.3, 0.4) is 0 Å². The van der Waals surface area contributed by atoms with Crippen molar-refractivity contribution in [3.63, 3.8) is 0 Å². The van der Waals surface area contributed by atoms with Crippen LogP contribution in [-0.2, 0) is 20.1 Å². The molecular formula is C42H27IrN3O-2. The molecule has 0 atom stereocenters. The number of fused-ring (bicyclic) bond motifs is 6. The molecule has 0 aliphatic carbocycles. The van der Waals surface area contributed by atoms with Gasteiger partial charge in [0.2, 0.25) is 0 Å². The van der Waals surface area contributed by atoms with Gasteiger partial charge in [-0.1, -0.05) is 77.7 Å². The fourth-order valence-corrected chi connectivity index (χ4v) is 6.08. The Bertz CT molecular complexity index is 2450. The minimum absolute atomic E-state index is 0. The molecule has 0 N–H and O–H groups in total. The summed E-state index contributed by atoms with van der Waals surface area (Å²) in [5, 5.41) is 5.63. The van der Waals surface area contributed by atoms with Gasteiger partial charge in [0.15, 0.2) is 0 Å². The fraction of sp³-hybridized carbons (Fsp3) is 0.0238. The zero-order chi connectivity index (χ0) is 30.9. The van der Waals surface area contributed by atoms with Gasteiger partial charge in [-0.15, -0.1) is 54.1 Å². The van der Waals surface area contributed by atoms with E-state index in [-0.39, 0.29) is 20.1 Å². The largest absolute Gasteiger partial charge is 0.500 e. The van der Waals surface area contributed by atoms with E-state index in [0.717, 1.165) is 66.3 Å². The minimum Gasteiger partial charge on any atom is -0.500 e. The molecule has 0 saturated heterocycles. The smallest absolute Gasteiger partial charge is 0.128 e. The fourth-order valence-electron chi connectivity index (χ4n) is 6.08. The zero-order valence-electron chi connectivity index (χ0n) is 25.4. The third-order valence-electron chi connectivity index (χ3n) is 8.35. The number of benzene rings is 5. The molecule has 0 unspecified atom stereocenters. The van der Waals surface area contributed by atoms with Gasteiger partial charge in [-0.25, -0.2) is 0 Å². The Morgan fingerprint density at radius 1 is 0.553 bits per heavy atom. The van der Waals surface area contributed by atoms with Crippen molar-refractivity contribution < 1.29 is 24.5 Å². The number of nitrogens with zero attached hydrogens (tertiary/aromatic N) is 3. The second-order valence-corrected chi connectivity index (χ2v) is 11.1. The van der Waals surface area contributed by atoms with Crippen LogP contribution >= 0.6 is 0 Å². The van der Waals surface area contributed by atoms with Crippen LogP contribution < -0.4 is 0 Å². The van der Waals surface area contributed by atoms with Crippen molar-refractivity contribution in [1.82, 2.24) is 15.0 Å². The molecule has 0 aliphatic heterocycles. The van der Waals surface area contributed by atoms with E-state index in [2.05, 4.69) is 102 Å². The average Bonchev–Trinajstić information content (AvgIpc) is 3.53. The molecule has 0 spiro atoms. The third-order valence-corrected chi connectivity index (χ3v) is 8.35. The molecule has 0 fully saturated rings. The molecule has 1 radical (unpaired) electrons. The predicted octanol–water partition coefficient (Wildman–Crippen LogP) is 10.7. The monoisotopic (exact) mass is 782 g/mol. The molecule has 227 valence electrons. The standard InChI is InChI=1S/C31H19N2O.C11H8N.Ir/c1-19-22(13-14-28-23(19)10-5-16-32-28)21-15-17-33-29(18-21)27-9-4-8-25-26-12-11-20-6-2-3-7-24(20)30(26)34-31(25)27;1-2-6-10(7-3-1)11-8-4-5-9-12-11;/h2-8,10-18H,1H3;1-6,8-9H;/q2*-1;. The van der Waals surface area contributed by atoms with Crippen molar-refractivity contribution in [2.24, 2.45) is 0 Å². The summed E-state index contributed by atoms with van der Waals surface area (Å²) < 4.78 is 6.50. The molecule has 9 rings (SSSR count). The number of hydrogen-bond acceptors (Lipinski definition) is 4. The molecule has 4 nitrogen and oxygen atoms in total. The second-order valence-electron chi connectivity index (χ2n) is 11.1. The Balaban J connectivity index is 0.000000228. The molecule has 47 heavy (non-hydrogen) atoms. The quantitative estimate of drug-likeness (QED) is 0.168. The summed E-state index contributed by atoms with van der Waals surface area (Å²) in [5.74, 6) is 0. The van der Waals surface area contributed by atoms with Crippen LogP contribution in [0.4, 0.5) is 0 Å². The number of hydrogen-bond donors (Lipinski definition) is 0. The molecular weight excluding hydrogens is 755 g/mol. The van der Waals surface area contributed by atoms with Crippen molar-refractivity contribution in [3.05, 3.63) is 164 Å². The molecule has 5 heteroatoms. The minimum atomic E-state index is 0. The van der Waals surface area contributed by atoms with E-state index in [1.165, 1.54) is 16.5 Å². The Morgan fingerprint density at radius 2 is 1.36 bits per heavy atom. The molecule has 0 amide bonds. The van der Waals surface area contributed by atoms with Crippen LogP contribution in [0.2, 0.25) is 0 Å². The van der Waals surface area contributed by atoms with Crippen molar-refractivity contribution in [2.45, 2.75) is 6.92 Å². The number of pyridine rings is 3. The number of aromatic nitrogens is 3. The van der Waals surface area contributed by atoms with E-state index in [9.17, 15) is 0 Å². The first-order chi connectivity index (χ1) is 22.7. The first kappa shape index (κ1) is 30.2. The van der Waals surface area contributed by atoms with Crippen LogP contribution in [0, 0.1) is 19.1 Å². The molecule has 0 aliphatic rings. The van der Waals surface area contributed by atoms with Crippen molar-refractivity contribution in [1.29, 1.82) is 0 Å². The summed E-state index contributed by atoms with van der Waals surface area (Å²) in [7, 11) is 0. The Labute approximate surface area is 286 Å². The molecule has 4 heterocycles. The topological polar surface area (TPSA) is 51.8 Å². The summed E-state index contributed by atoms with van der Waals surface area (Å²) >= 11 is 0. The van der Waals surface area contributed by atoms with Crippen LogP contribution in [-0.4, -0.2) is 15.0 Å². The van der Waals surface area contributed by atoms with Crippen molar-refractivity contribution in [2.75, 3.05) is 0 Å². The maximum Gasteiger partial charge on any atom is 0.128 e. The molecule has 9 aromatic rings. The van der Waals surface area contributed by atoms with E-state index in [4.69, 9.17) is 9.40 Å². The summed E-state index contributed by atoms with van der Waals surface area (Å²) in [6.07, 6.45) is 5.48. The molecule has 0 bridgehead atoms. The first-order valence-electron chi connectivity index (χ1n) is 15.2. The SMILES string of the molecule is Cc1c(-c2ccnc(-c3[c-]ccc4c3oc3c5ccccc5ccc43)c2)ccc2ncccc12.[Ir].[c-]1ccccc1-c1ccccn1. The second kappa shape index (κ2) is 13.1. The summed E-state index contributed by atoms with van der Waals surface area (Å²) in [6.45, 7) is 2.15. The van der Waals surface area contributed by atoms with Crippen LogP contribution in [0.15, 0.2) is 150 Å². The van der Waals surface area contributed by atoms with E-state index >= 15 is 0 Å². The third kappa shape index (κ3) is 5.72. The summed E-state index contributed by atoms with van der Waals surface area (Å²) in [6, 6.07) is 49.4. The van der Waals surface area contributed by atoms with Gasteiger partial charge >= 0.3 is 0 Å². The molecule has 5 aromatic carbocycles. The molecule has 0 saturated carbocycles. The first-order valence-corrected chi connectivity index (χ1v) is 15.2. The van der Waals surface area contributed by atoms with Gasteiger partial charge in [0.25, 0.3) is 0 Å². The van der Waals surface area contributed by atoms with Gasteiger partial charge in [-0.3, -0.25) is 4.98 Å². The Hall–Kier alpha value is -5.48. The van der Waals surface area contributed by atoms with Crippen molar-refractivity contribution >= 4 is 43.6 Å². The maximum atomic E-state index is 6.50. The number of aryl methyl sites for hydroxylation is 1. The Kier molecular flexibility index (Phi) is 8.41. The van der Waals surface area contributed by atoms with E-state index in [1.54, 1.807) is 6.20 Å². The summed E-state index contributed by atoms with van der Waals surface area (Å²) in [5.41, 5.74) is 9.95. The van der Waals surface area contributed by atoms with E-state index < -0.39 is 0 Å². The van der Waals surface area contributed by atoms with Crippen molar-refractivity contribution in [3.8, 4) is 33.6 Å². The number of rotatable bonds is 3. The van der Waals surface area contributed by atoms with Gasteiger partial charge in [0.05, 0.1) is 11.1 Å². The average molecular weight is 782 g/mol. The zero-order valence-corrected chi connectivity index (χ0v) is 27.8. The van der Waals surface area contributed by atoms with Gasteiger partial charge in [0.1, 0.15) is 5.58 Å². The Morgan fingerprint density at radius 3 is 2.23 bits per heavy atom. The van der Waals surface area contributed by atoms with Gasteiger partial charge in [-0.05, 0) is 64.7 Å². The predicted molar refractivity (Wildman–Crippen MR) is 187 cm³/mol. The normalized spacial score (nSPS) is 10.9.